The van der Waals surface area contributed by atoms with Crippen molar-refractivity contribution < 1.29 is 28.6 Å². The van der Waals surface area contributed by atoms with Crippen molar-refractivity contribution in [2.45, 2.75) is 232 Å². The summed E-state index contributed by atoms with van der Waals surface area (Å²) < 4.78 is 16.8. The first kappa shape index (κ1) is 62.8. The molecule has 378 valence electrons. The highest BCUT2D eigenvalue weighted by Gasteiger charge is 2.19. The van der Waals surface area contributed by atoms with Gasteiger partial charge in [-0.2, -0.15) is 0 Å². The first-order valence-corrected chi connectivity index (χ1v) is 27.2. The number of ether oxygens (including phenoxy) is 3. The van der Waals surface area contributed by atoms with Crippen LogP contribution >= 0.6 is 0 Å². The third-order valence-electron chi connectivity index (χ3n) is 11.1. The topological polar surface area (TPSA) is 78.9 Å². The molecule has 0 fully saturated rings. The summed E-state index contributed by atoms with van der Waals surface area (Å²) in [6.07, 6.45) is 74.6. The second-order valence-electron chi connectivity index (χ2n) is 17.6. The van der Waals surface area contributed by atoms with E-state index in [-0.39, 0.29) is 31.1 Å². The number of carbonyl (C=O) groups is 3. The zero-order valence-corrected chi connectivity index (χ0v) is 43.1. The second kappa shape index (κ2) is 54.4. The molecule has 0 bridgehead atoms. The number of carbonyl (C=O) groups excluding carboxylic acids is 3. The van der Waals surface area contributed by atoms with E-state index in [9.17, 15) is 14.4 Å². The number of unbranched alkanes of at least 4 members (excludes halogenated alkanes) is 23. The Morgan fingerprint density at radius 1 is 0.313 bits per heavy atom. The predicted octanol–water partition coefficient (Wildman–Crippen LogP) is 18.1. The van der Waals surface area contributed by atoms with E-state index in [4.69, 9.17) is 14.2 Å². The number of esters is 3. The molecule has 0 aromatic carbocycles. The fourth-order valence-corrected chi connectivity index (χ4v) is 7.06. The Kier molecular flexibility index (Phi) is 51.0. The molecule has 0 radical (unpaired) electrons. The fourth-order valence-electron chi connectivity index (χ4n) is 7.06. The lowest BCUT2D eigenvalue weighted by Crippen LogP contribution is -2.30. The summed E-state index contributed by atoms with van der Waals surface area (Å²) in [6, 6.07) is 0. The SMILES string of the molecule is CC\C=C/C=C\C=C/C=C\C=C/CCCCCC(=O)OCC(COC(=O)CCCCCCC\C=C/C=C\C=C/C=C\CCCCC)OC(=O)CCCCCCC/C=C\CCCCCCCCC. The minimum atomic E-state index is -0.814. The molecule has 0 aliphatic carbocycles. The minimum absolute atomic E-state index is 0.111. The molecule has 1 atom stereocenters. The lowest BCUT2D eigenvalue weighted by molar-refractivity contribution is -0.167. The molecule has 0 saturated heterocycles. The number of allylic oxidation sites excluding steroid dienone is 20. The summed E-state index contributed by atoms with van der Waals surface area (Å²) in [4.78, 5) is 38.1. The van der Waals surface area contributed by atoms with E-state index in [1.165, 1.54) is 77.0 Å². The van der Waals surface area contributed by atoms with Crippen molar-refractivity contribution in [2.75, 3.05) is 13.2 Å². The number of hydrogen-bond donors (Lipinski definition) is 0. The van der Waals surface area contributed by atoms with Gasteiger partial charge in [-0.1, -0.05) is 239 Å². The summed E-state index contributed by atoms with van der Waals surface area (Å²) in [6.45, 7) is 6.38. The molecule has 0 heterocycles. The molecule has 0 aliphatic heterocycles. The van der Waals surface area contributed by atoms with E-state index in [2.05, 4.69) is 93.7 Å². The van der Waals surface area contributed by atoms with Gasteiger partial charge in [0.15, 0.2) is 6.10 Å². The number of rotatable bonds is 47. The van der Waals surface area contributed by atoms with Crippen LogP contribution in [0, 0.1) is 0 Å². The molecule has 6 heteroatoms. The van der Waals surface area contributed by atoms with Gasteiger partial charge >= 0.3 is 17.9 Å². The van der Waals surface area contributed by atoms with Crippen molar-refractivity contribution in [3.63, 3.8) is 0 Å². The molecule has 67 heavy (non-hydrogen) atoms. The van der Waals surface area contributed by atoms with Crippen molar-refractivity contribution >= 4 is 17.9 Å². The van der Waals surface area contributed by atoms with E-state index in [0.717, 1.165) is 109 Å². The van der Waals surface area contributed by atoms with Gasteiger partial charge in [0.2, 0.25) is 0 Å². The smallest absolute Gasteiger partial charge is 0.306 e. The fraction of sp³-hybridized carbons (Fsp3) is 0.623. The molecule has 1 unspecified atom stereocenters. The maximum Gasteiger partial charge on any atom is 0.306 e. The standard InChI is InChI=1S/C61H98O6/c1-4-7-10-13-16-19-22-25-28-30-31-34-36-39-42-45-48-51-54-60(63)66-57-58(56-65-59(62)53-50-47-44-41-38-35-32-27-24-21-18-15-12-9-6-3)67-61(64)55-52-49-46-43-40-37-33-29-26-23-20-17-14-11-8-5-2/h9,12,15-16,18-19,21-22,24-25,27-35,38,58H,4-8,10-11,13-14,17,20,23,26,36-37,39-57H2,1-3H3/b12-9-,18-15-,19-16-,24-21-,25-22-,30-28-,32-27-,33-29-,34-31-,38-35-. The van der Waals surface area contributed by atoms with Gasteiger partial charge in [0, 0.05) is 19.3 Å². The van der Waals surface area contributed by atoms with Gasteiger partial charge in [0.25, 0.3) is 0 Å². The molecule has 6 nitrogen and oxygen atoms in total. The van der Waals surface area contributed by atoms with Gasteiger partial charge in [-0.15, -0.1) is 0 Å². The zero-order valence-electron chi connectivity index (χ0n) is 43.1. The molecule has 0 aromatic rings. The highest BCUT2D eigenvalue weighted by Crippen LogP contribution is 2.13. The Morgan fingerprint density at radius 3 is 1.00 bits per heavy atom. The predicted molar refractivity (Wildman–Crippen MR) is 288 cm³/mol. The van der Waals surface area contributed by atoms with Crippen molar-refractivity contribution in [1.29, 1.82) is 0 Å². The van der Waals surface area contributed by atoms with Crippen LogP contribution in [0.4, 0.5) is 0 Å². The summed E-state index contributed by atoms with van der Waals surface area (Å²) in [5, 5.41) is 0. The van der Waals surface area contributed by atoms with Crippen LogP contribution in [0.3, 0.4) is 0 Å². The molecular weight excluding hydrogens is 829 g/mol. The van der Waals surface area contributed by atoms with Gasteiger partial charge in [0.05, 0.1) is 0 Å². The van der Waals surface area contributed by atoms with Gasteiger partial charge in [-0.3, -0.25) is 14.4 Å². The minimum Gasteiger partial charge on any atom is -0.462 e. The molecule has 0 aliphatic rings. The summed E-state index contributed by atoms with van der Waals surface area (Å²) in [5.74, 6) is -0.987. The molecule has 0 spiro atoms. The average molecular weight is 927 g/mol. The Bertz CT molecular complexity index is 1440. The third kappa shape index (κ3) is 52.6. The summed E-state index contributed by atoms with van der Waals surface area (Å²) >= 11 is 0. The van der Waals surface area contributed by atoms with Gasteiger partial charge < -0.3 is 14.2 Å². The van der Waals surface area contributed by atoms with Crippen LogP contribution in [0.15, 0.2) is 122 Å². The lowest BCUT2D eigenvalue weighted by atomic mass is 10.1. The van der Waals surface area contributed by atoms with Crippen LogP contribution in [0.5, 0.6) is 0 Å². The van der Waals surface area contributed by atoms with Crippen LogP contribution in [0.2, 0.25) is 0 Å². The Morgan fingerprint density at radius 2 is 0.597 bits per heavy atom. The van der Waals surface area contributed by atoms with Crippen LogP contribution in [0.25, 0.3) is 0 Å². The first-order valence-electron chi connectivity index (χ1n) is 27.2. The van der Waals surface area contributed by atoms with Crippen LogP contribution in [-0.4, -0.2) is 37.2 Å². The van der Waals surface area contributed by atoms with Crippen molar-refractivity contribution in [2.24, 2.45) is 0 Å². The second-order valence-corrected chi connectivity index (χ2v) is 17.6. The molecule has 0 saturated carbocycles. The van der Waals surface area contributed by atoms with E-state index in [1.807, 2.05) is 48.6 Å². The van der Waals surface area contributed by atoms with Crippen LogP contribution < -0.4 is 0 Å². The zero-order chi connectivity index (χ0) is 48.6. The van der Waals surface area contributed by atoms with Crippen molar-refractivity contribution in [1.82, 2.24) is 0 Å². The van der Waals surface area contributed by atoms with E-state index < -0.39 is 6.10 Å². The first-order chi connectivity index (χ1) is 33.0. The number of hydrogen-bond acceptors (Lipinski definition) is 6. The summed E-state index contributed by atoms with van der Waals surface area (Å²) in [5.41, 5.74) is 0. The Hall–Kier alpha value is -4.19. The van der Waals surface area contributed by atoms with Crippen LogP contribution in [0.1, 0.15) is 226 Å². The normalized spacial score (nSPS) is 13.1. The van der Waals surface area contributed by atoms with Gasteiger partial charge in [-0.05, 0) is 89.9 Å². The average Bonchev–Trinajstić information content (AvgIpc) is 3.33. The largest absolute Gasteiger partial charge is 0.462 e. The molecule has 0 amide bonds. The monoisotopic (exact) mass is 927 g/mol. The molecule has 0 aromatic heterocycles. The Balaban J connectivity index is 4.54. The maximum atomic E-state index is 12.8. The molecule has 0 rings (SSSR count). The van der Waals surface area contributed by atoms with E-state index in [0.29, 0.717) is 19.3 Å². The van der Waals surface area contributed by atoms with Crippen molar-refractivity contribution in [3.8, 4) is 0 Å². The lowest BCUT2D eigenvalue weighted by Gasteiger charge is -2.18. The quantitative estimate of drug-likeness (QED) is 0.0199. The highest BCUT2D eigenvalue weighted by atomic mass is 16.6. The van der Waals surface area contributed by atoms with Gasteiger partial charge in [-0.25, -0.2) is 0 Å². The molecular formula is C61H98O6. The van der Waals surface area contributed by atoms with Crippen molar-refractivity contribution in [3.05, 3.63) is 122 Å². The van der Waals surface area contributed by atoms with E-state index in [1.54, 1.807) is 0 Å². The summed E-state index contributed by atoms with van der Waals surface area (Å²) in [7, 11) is 0. The maximum absolute atomic E-state index is 12.8. The van der Waals surface area contributed by atoms with Gasteiger partial charge in [0.1, 0.15) is 13.2 Å². The van der Waals surface area contributed by atoms with Crippen LogP contribution in [-0.2, 0) is 28.6 Å². The third-order valence-corrected chi connectivity index (χ3v) is 11.1. The molecule has 0 N–H and O–H groups in total. The van der Waals surface area contributed by atoms with E-state index >= 15 is 0 Å². The Labute approximate surface area is 412 Å². The highest BCUT2D eigenvalue weighted by molar-refractivity contribution is 5.71.